The zero-order valence-corrected chi connectivity index (χ0v) is 17.5. The molecule has 0 N–H and O–H groups in total. The lowest BCUT2D eigenvalue weighted by Gasteiger charge is -2.32. The van der Waals surface area contributed by atoms with Gasteiger partial charge in [-0.05, 0) is 41.0 Å². The molecule has 1 heterocycles. The molecule has 5 nitrogen and oxygen atoms in total. The molecule has 0 unspecified atom stereocenters. The van der Waals surface area contributed by atoms with E-state index < -0.39 is 28.4 Å². The van der Waals surface area contributed by atoms with Crippen molar-refractivity contribution in [1.82, 2.24) is 0 Å². The zero-order chi connectivity index (χ0) is 21.0. The summed E-state index contributed by atoms with van der Waals surface area (Å²) in [6, 6.07) is 23.2. The lowest BCUT2D eigenvalue weighted by molar-refractivity contribution is -0.0727. The van der Waals surface area contributed by atoms with Gasteiger partial charge >= 0.3 is 0 Å². The molecule has 6 heteroatoms. The maximum Gasteiger partial charge on any atom is 0.272 e. The van der Waals surface area contributed by atoms with Gasteiger partial charge in [-0.25, -0.2) is 0 Å². The Morgan fingerprint density at radius 1 is 0.900 bits per heavy atom. The van der Waals surface area contributed by atoms with Crippen molar-refractivity contribution in [1.29, 1.82) is 0 Å². The number of rotatable bonds is 7. The van der Waals surface area contributed by atoms with E-state index in [1.54, 1.807) is 43.5 Å². The van der Waals surface area contributed by atoms with Gasteiger partial charge in [0.2, 0.25) is 0 Å². The van der Waals surface area contributed by atoms with Gasteiger partial charge in [-0.2, -0.15) is 8.42 Å². The van der Waals surface area contributed by atoms with Crippen LogP contribution in [0.5, 0.6) is 0 Å². The summed E-state index contributed by atoms with van der Waals surface area (Å²) in [5.41, 5.74) is 1.68. The third kappa shape index (κ3) is 5.08. The molecular formula is C24H24O5S. The average molecular weight is 425 g/mol. The highest BCUT2D eigenvalue weighted by Gasteiger charge is 2.35. The van der Waals surface area contributed by atoms with Crippen LogP contribution in [0.25, 0.3) is 10.8 Å². The van der Waals surface area contributed by atoms with Crippen LogP contribution in [0.4, 0.5) is 0 Å². The third-order valence-electron chi connectivity index (χ3n) is 5.05. The van der Waals surface area contributed by atoms with Crippen molar-refractivity contribution in [3.63, 3.8) is 0 Å². The topological polar surface area (TPSA) is 61.8 Å². The molecule has 0 spiro atoms. The Hall–Kier alpha value is -2.67. The van der Waals surface area contributed by atoms with Crippen LogP contribution in [-0.4, -0.2) is 26.7 Å². The maximum absolute atomic E-state index is 12.6. The van der Waals surface area contributed by atoms with Crippen LogP contribution in [0, 0.1) is 0 Å². The van der Waals surface area contributed by atoms with Crippen LogP contribution in [0.15, 0.2) is 85.1 Å². The minimum Gasteiger partial charge on any atom is -0.496 e. The fourth-order valence-corrected chi connectivity index (χ4v) is 4.76. The Kier molecular flexibility index (Phi) is 6.18. The second kappa shape index (κ2) is 9.00. The van der Waals surface area contributed by atoms with Gasteiger partial charge in [0.05, 0.1) is 12.9 Å². The first-order valence-electron chi connectivity index (χ1n) is 9.86. The summed E-state index contributed by atoms with van der Waals surface area (Å²) in [6.45, 7) is 2.11. The smallest absolute Gasteiger partial charge is 0.272 e. The molecule has 3 atom stereocenters. The van der Waals surface area contributed by atoms with Crippen LogP contribution in [0.1, 0.15) is 18.1 Å². The van der Waals surface area contributed by atoms with E-state index in [1.165, 1.54) is 0 Å². The van der Waals surface area contributed by atoms with E-state index in [9.17, 15) is 8.42 Å². The number of ether oxygens (including phenoxy) is 2. The SMILES string of the molecule is C[C@H]1OC=C[C@@H](OCc2ccc3ccccc3c2)[C@@H]1OS(=O)(=O)Cc1ccccc1. The summed E-state index contributed by atoms with van der Waals surface area (Å²) in [5, 5.41) is 2.29. The molecule has 0 saturated carbocycles. The van der Waals surface area contributed by atoms with Crippen molar-refractivity contribution < 1.29 is 22.1 Å². The molecule has 0 amide bonds. The third-order valence-corrected chi connectivity index (χ3v) is 6.25. The standard InChI is InChI=1S/C24H24O5S/c1-18-24(29-30(25,26)17-19-7-3-2-4-8-19)23(13-14-27-18)28-16-20-11-12-21-9-5-6-10-22(21)15-20/h2-15,18,23-24H,16-17H2,1H3/t18-,23-,24-/m1/s1. The monoisotopic (exact) mass is 424 g/mol. The maximum atomic E-state index is 12.6. The van der Waals surface area contributed by atoms with Gasteiger partial charge in [0.1, 0.15) is 24.1 Å². The van der Waals surface area contributed by atoms with Crippen molar-refractivity contribution in [3.05, 3.63) is 96.3 Å². The van der Waals surface area contributed by atoms with E-state index in [-0.39, 0.29) is 5.75 Å². The molecule has 0 aliphatic carbocycles. The van der Waals surface area contributed by atoms with Crippen molar-refractivity contribution in [3.8, 4) is 0 Å². The summed E-state index contributed by atoms with van der Waals surface area (Å²) in [5.74, 6) is -0.196. The molecule has 1 aliphatic heterocycles. The first-order chi connectivity index (χ1) is 14.5. The highest BCUT2D eigenvalue weighted by atomic mass is 32.2. The quantitative estimate of drug-likeness (QED) is 0.520. The molecule has 3 aromatic carbocycles. The van der Waals surface area contributed by atoms with E-state index in [4.69, 9.17) is 13.7 Å². The number of benzene rings is 3. The fourth-order valence-electron chi connectivity index (χ4n) is 3.49. The Morgan fingerprint density at radius 3 is 2.43 bits per heavy atom. The normalized spacial score (nSPS) is 21.4. The van der Waals surface area contributed by atoms with Gasteiger partial charge in [0, 0.05) is 0 Å². The van der Waals surface area contributed by atoms with Crippen molar-refractivity contribution in [2.45, 2.75) is 37.6 Å². The summed E-state index contributed by atoms with van der Waals surface area (Å²) in [6.07, 6.45) is 1.49. The summed E-state index contributed by atoms with van der Waals surface area (Å²) < 4.78 is 42.3. The highest BCUT2D eigenvalue weighted by molar-refractivity contribution is 7.85. The first kappa shape index (κ1) is 20.6. The molecule has 0 bridgehead atoms. The van der Waals surface area contributed by atoms with Crippen LogP contribution in [0.2, 0.25) is 0 Å². The predicted octanol–water partition coefficient (Wildman–Crippen LogP) is 4.57. The zero-order valence-electron chi connectivity index (χ0n) is 16.7. The molecule has 0 fully saturated rings. The molecular weight excluding hydrogens is 400 g/mol. The minimum absolute atomic E-state index is 0.196. The molecule has 1 aliphatic rings. The van der Waals surface area contributed by atoms with Crippen molar-refractivity contribution in [2.75, 3.05) is 0 Å². The van der Waals surface area contributed by atoms with Crippen LogP contribution >= 0.6 is 0 Å². The van der Waals surface area contributed by atoms with E-state index in [1.807, 2.05) is 24.3 Å². The highest BCUT2D eigenvalue weighted by Crippen LogP contribution is 2.24. The summed E-state index contributed by atoms with van der Waals surface area (Å²) in [4.78, 5) is 0. The number of hydrogen-bond acceptors (Lipinski definition) is 5. The van der Waals surface area contributed by atoms with E-state index in [0.29, 0.717) is 12.2 Å². The lowest BCUT2D eigenvalue weighted by Crippen LogP contribution is -2.43. The molecule has 4 rings (SSSR count). The number of fused-ring (bicyclic) bond motifs is 1. The van der Waals surface area contributed by atoms with Gasteiger partial charge in [-0.3, -0.25) is 4.18 Å². The minimum atomic E-state index is -3.81. The van der Waals surface area contributed by atoms with Crippen molar-refractivity contribution in [2.24, 2.45) is 0 Å². The van der Waals surface area contributed by atoms with E-state index in [0.717, 1.165) is 16.3 Å². The molecule has 0 aromatic heterocycles. The summed E-state index contributed by atoms with van der Waals surface area (Å²) in [7, 11) is -3.81. The van der Waals surface area contributed by atoms with E-state index in [2.05, 4.69) is 24.3 Å². The largest absolute Gasteiger partial charge is 0.496 e. The second-order valence-corrected chi connectivity index (χ2v) is 8.97. The van der Waals surface area contributed by atoms with Crippen LogP contribution < -0.4 is 0 Å². The molecule has 0 radical (unpaired) electrons. The van der Waals surface area contributed by atoms with Gasteiger partial charge in [-0.15, -0.1) is 0 Å². The molecule has 0 saturated heterocycles. The molecule has 156 valence electrons. The van der Waals surface area contributed by atoms with Crippen molar-refractivity contribution >= 4 is 20.9 Å². The van der Waals surface area contributed by atoms with Gasteiger partial charge in [0.15, 0.2) is 0 Å². The molecule has 3 aromatic rings. The average Bonchev–Trinajstić information content (AvgIpc) is 2.74. The van der Waals surface area contributed by atoms with Gasteiger partial charge < -0.3 is 9.47 Å². The lowest BCUT2D eigenvalue weighted by atomic mass is 10.1. The Labute approximate surface area is 177 Å². The number of hydrogen-bond donors (Lipinski definition) is 0. The van der Waals surface area contributed by atoms with Crippen LogP contribution in [-0.2, 0) is 36.1 Å². The Balaban J connectivity index is 1.45. The van der Waals surface area contributed by atoms with E-state index >= 15 is 0 Å². The Bertz CT molecular complexity index is 1120. The van der Waals surface area contributed by atoms with Gasteiger partial charge in [0.25, 0.3) is 10.1 Å². The molecule has 30 heavy (non-hydrogen) atoms. The summed E-state index contributed by atoms with van der Waals surface area (Å²) >= 11 is 0. The predicted molar refractivity (Wildman–Crippen MR) is 116 cm³/mol. The fraction of sp³-hybridized carbons (Fsp3) is 0.250. The van der Waals surface area contributed by atoms with Gasteiger partial charge in [-0.1, -0.05) is 66.7 Å². The first-order valence-corrected chi connectivity index (χ1v) is 11.4. The Morgan fingerprint density at radius 2 is 1.63 bits per heavy atom. The van der Waals surface area contributed by atoms with Crippen LogP contribution in [0.3, 0.4) is 0 Å². The second-order valence-electron chi connectivity index (χ2n) is 7.38.